The Bertz CT molecular complexity index is 390. The van der Waals surface area contributed by atoms with Crippen LogP contribution in [0.3, 0.4) is 0 Å². The smallest absolute Gasteiger partial charge is 0.309 e. The van der Waals surface area contributed by atoms with Gasteiger partial charge in [0.05, 0.1) is 0 Å². The highest BCUT2D eigenvalue weighted by Crippen LogP contribution is 2.29. The molecule has 0 amide bonds. The molecule has 1 rings (SSSR count). The van der Waals surface area contributed by atoms with Crippen molar-refractivity contribution in [1.29, 1.82) is 0 Å². The Kier molecular flexibility index (Phi) is 5.53. The number of halogens is 3. The summed E-state index contributed by atoms with van der Waals surface area (Å²) >= 11 is 0.0149. The van der Waals surface area contributed by atoms with Crippen LogP contribution in [0.1, 0.15) is 29.7 Å². The van der Waals surface area contributed by atoms with Crippen molar-refractivity contribution in [2.75, 3.05) is 12.3 Å². The third-order valence-electron chi connectivity index (χ3n) is 2.71. The maximum absolute atomic E-state index is 11.9. The molecule has 0 aromatic heterocycles. The van der Waals surface area contributed by atoms with Gasteiger partial charge in [0.2, 0.25) is 0 Å². The molecule has 0 saturated carbocycles. The fraction of sp³-hybridized carbons (Fsp3) is 0.538. The van der Waals surface area contributed by atoms with Crippen molar-refractivity contribution in [3.8, 4) is 0 Å². The summed E-state index contributed by atoms with van der Waals surface area (Å²) < 4.78 is 35.8. The molecule has 0 radical (unpaired) electrons. The Hall–Kier alpha value is -0.680. The Balaban J connectivity index is 2.43. The summed E-state index contributed by atoms with van der Waals surface area (Å²) in [6.07, 6.45) is 0. The zero-order valence-corrected chi connectivity index (χ0v) is 11.6. The van der Waals surface area contributed by atoms with Crippen molar-refractivity contribution in [3.05, 3.63) is 34.9 Å². The average molecular weight is 277 g/mol. The van der Waals surface area contributed by atoms with Gasteiger partial charge in [-0.05, 0) is 43.7 Å². The van der Waals surface area contributed by atoms with E-state index in [1.54, 1.807) is 0 Å². The van der Waals surface area contributed by atoms with Crippen LogP contribution < -0.4 is 5.32 Å². The summed E-state index contributed by atoms with van der Waals surface area (Å²) in [5, 5.41) is 3.11. The molecule has 1 nitrogen and oxygen atoms in total. The minimum atomic E-state index is -4.13. The van der Waals surface area contributed by atoms with Gasteiger partial charge in [0.15, 0.2) is 0 Å². The van der Waals surface area contributed by atoms with Crippen LogP contribution in [-0.2, 0) is 0 Å². The van der Waals surface area contributed by atoms with Crippen molar-refractivity contribution in [1.82, 2.24) is 5.32 Å². The van der Waals surface area contributed by atoms with Gasteiger partial charge < -0.3 is 5.32 Å². The lowest BCUT2D eigenvalue weighted by molar-refractivity contribution is -0.0327. The zero-order valence-electron chi connectivity index (χ0n) is 10.8. The molecule has 18 heavy (non-hydrogen) atoms. The van der Waals surface area contributed by atoms with Gasteiger partial charge in [-0.3, -0.25) is 0 Å². The van der Waals surface area contributed by atoms with E-state index < -0.39 is 5.51 Å². The third kappa shape index (κ3) is 5.31. The van der Waals surface area contributed by atoms with E-state index in [9.17, 15) is 13.2 Å². The molecule has 0 saturated heterocycles. The molecular formula is C13H18F3NS. The summed E-state index contributed by atoms with van der Waals surface area (Å²) in [5.74, 6) is 0.0404. The van der Waals surface area contributed by atoms with Gasteiger partial charge in [-0.1, -0.05) is 23.8 Å². The molecule has 1 unspecified atom stereocenters. The van der Waals surface area contributed by atoms with Crippen LogP contribution in [0.4, 0.5) is 13.2 Å². The molecule has 5 heteroatoms. The number of thioether (sulfide) groups is 1. The van der Waals surface area contributed by atoms with E-state index in [-0.39, 0.29) is 23.6 Å². The molecule has 102 valence electrons. The Morgan fingerprint density at radius 1 is 1.28 bits per heavy atom. The van der Waals surface area contributed by atoms with Crippen LogP contribution in [0.15, 0.2) is 18.2 Å². The maximum atomic E-state index is 11.9. The number of hydrogen-bond acceptors (Lipinski definition) is 2. The molecule has 0 heterocycles. The third-order valence-corrected chi connectivity index (χ3v) is 3.45. The summed E-state index contributed by atoms with van der Waals surface area (Å²) in [7, 11) is 0. The number of rotatable bonds is 5. The van der Waals surface area contributed by atoms with E-state index >= 15 is 0 Å². The quantitative estimate of drug-likeness (QED) is 0.809. The number of hydrogen-bond donors (Lipinski definition) is 1. The Morgan fingerprint density at radius 3 is 2.50 bits per heavy atom. The number of nitrogens with one attached hydrogen (secondary N) is 1. The highest BCUT2D eigenvalue weighted by Gasteiger charge is 2.27. The molecule has 1 aromatic rings. The lowest BCUT2D eigenvalue weighted by Gasteiger charge is -2.17. The van der Waals surface area contributed by atoms with Gasteiger partial charge in [0.1, 0.15) is 0 Å². The topological polar surface area (TPSA) is 12.0 Å². The van der Waals surface area contributed by atoms with Gasteiger partial charge in [-0.25, -0.2) is 0 Å². The average Bonchev–Trinajstić information content (AvgIpc) is 2.22. The normalized spacial score (nSPS) is 13.7. The van der Waals surface area contributed by atoms with Crippen LogP contribution in [0, 0.1) is 13.8 Å². The van der Waals surface area contributed by atoms with Crippen LogP contribution in [-0.4, -0.2) is 17.8 Å². The number of aryl methyl sites for hydroxylation is 2. The Labute approximate surface area is 110 Å². The van der Waals surface area contributed by atoms with Gasteiger partial charge in [-0.15, -0.1) is 0 Å². The summed E-state index contributed by atoms with van der Waals surface area (Å²) in [6.45, 7) is 6.36. The lowest BCUT2D eigenvalue weighted by Crippen LogP contribution is -2.23. The monoisotopic (exact) mass is 277 g/mol. The first-order chi connectivity index (χ1) is 8.29. The summed E-state index contributed by atoms with van der Waals surface area (Å²) in [4.78, 5) is 0. The van der Waals surface area contributed by atoms with Crippen molar-refractivity contribution in [2.24, 2.45) is 0 Å². The van der Waals surface area contributed by atoms with E-state index in [0.717, 1.165) is 5.56 Å². The van der Waals surface area contributed by atoms with Crippen LogP contribution in [0.25, 0.3) is 0 Å². The second kappa shape index (κ2) is 6.48. The highest BCUT2D eigenvalue weighted by atomic mass is 32.2. The lowest BCUT2D eigenvalue weighted by atomic mass is 10.0. The van der Waals surface area contributed by atoms with Crippen LogP contribution in [0.2, 0.25) is 0 Å². The van der Waals surface area contributed by atoms with Gasteiger partial charge in [0.25, 0.3) is 0 Å². The summed E-state index contributed by atoms with van der Waals surface area (Å²) in [5.41, 5.74) is -0.641. The zero-order chi connectivity index (χ0) is 13.8. The largest absolute Gasteiger partial charge is 0.441 e. The van der Waals surface area contributed by atoms with Crippen LogP contribution in [0.5, 0.6) is 0 Å². The second-order valence-electron chi connectivity index (χ2n) is 4.33. The molecule has 0 aliphatic carbocycles. The molecule has 0 aliphatic heterocycles. The van der Waals surface area contributed by atoms with E-state index in [2.05, 4.69) is 11.4 Å². The first-order valence-electron chi connectivity index (χ1n) is 5.81. The standard InChI is InChI=1S/C13H18F3NS/c1-9-4-5-12(10(2)8-9)11(3)17-6-7-18-13(14,15)16/h4-5,8,11,17H,6-7H2,1-3H3. The fourth-order valence-corrected chi connectivity index (χ4v) is 2.31. The van der Waals surface area contributed by atoms with E-state index in [0.29, 0.717) is 6.54 Å². The van der Waals surface area contributed by atoms with E-state index in [1.165, 1.54) is 11.1 Å². The minimum absolute atomic E-state index is 0.0149. The van der Waals surface area contributed by atoms with Crippen molar-refractivity contribution in [2.45, 2.75) is 32.3 Å². The molecule has 0 fully saturated rings. The predicted octanol–water partition coefficient (Wildman–Crippen LogP) is 4.21. The first-order valence-corrected chi connectivity index (χ1v) is 6.79. The van der Waals surface area contributed by atoms with Gasteiger partial charge in [0, 0.05) is 18.3 Å². The summed E-state index contributed by atoms with van der Waals surface area (Å²) in [6, 6.07) is 6.20. The Morgan fingerprint density at radius 2 is 1.94 bits per heavy atom. The van der Waals surface area contributed by atoms with E-state index in [4.69, 9.17) is 0 Å². The number of alkyl halides is 3. The van der Waals surface area contributed by atoms with Crippen molar-refractivity contribution < 1.29 is 13.2 Å². The molecule has 0 aliphatic rings. The molecular weight excluding hydrogens is 259 g/mol. The maximum Gasteiger partial charge on any atom is 0.441 e. The molecule has 0 spiro atoms. The first kappa shape index (κ1) is 15.4. The van der Waals surface area contributed by atoms with Gasteiger partial charge >= 0.3 is 5.51 Å². The molecule has 1 N–H and O–H groups in total. The van der Waals surface area contributed by atoms with Gasteiger partial charge in [-0.2, -0.15) is 13.2 Å². The number of benzene rings is 1. The van der Waals surface area contributed by atoms with E-state index in [1.807, 2.05) is 32.9 Å². The molecule has 1 atom stereocenters. The highest BCUT2D eigenvalue weighted by molar-refractivity contribution is 8.00. The van der Waals surface area contributed by atoms with Crippen molar-refractivity contribution >= 4 is 11.8 Å². The minimum Gasteiger partial charge on any atom is -0.309 e. The molecule has 0 bridgehead atoms. The van der Waals surface area contributed by atoms with Crippen molar-refractivity contribution in [3.63, 3.8) is 0 Å². The van der Waals surface area contributed by atoms with Crippen LogP contribution >= 0.6 is 11.8 Å². The predicted molar refractivity (Wildman–Crippen MR) is 70.8 cm³/mol. The SMILES string of the molecule is Cc1ccc(C(C)NCCSC(F)(F)F)c(C)c1. The molecule has 1 aromatic carbocycles. The fourth-order valence-electron chi connectivity index (χ4n) is 1.86. The second-order valence-corrected chi connectivity index (χ2v) is 5.49.